The van der Waals surface area contributed by atoms with Crippen LogP contribution >= 0.6 is 0 Å². The van der Waals surface area contributed by atoms with Gasteiger partial charge in [-0.3, -0.25) is 33.6 Å². The summed E-state index contributed by atoms with van der Waals surface area (Å²) in [5.74, 6) is -5.83. The molecule has 266 valence electrons. The van der Waals surface area contributed by atoms with Crippen LogP contribution in [0, 0.1) is 0 Å². The molecular formula is C28H41NO18. The van der Waals surface area contributed by atoms with Crippen LogP contribution in [0.1, 0.15) is 48.5 Å². The zero-order valence-corrected chi connectivity index (χ0v) is 27.0. The molecule has 2 aliphatic rings. The SMILES string of the molecule is CC(=O)OC[C@H]1OC(O[C@H]2[C@H](OC(C)=O)[C@@H](OC(C)=O)C(OCCN)O[C@@H]2COC(C)=O)[C@H](OC(C)=O)[C@@H](OC(C)=O)[C@H]1OC(C)=O. The second kappa shape index (κ2) is 18.4. The van der Waals surface area contributed by atoms with Crippen molar-refractivity contribution in [2.75, 3.05) is 26.4 Å². The minimum Gasteiger partial charge on any atom is -0.463 e. The number of esters is 7. The van der Waals surface area contributed by atoms with E-state index in [0.717, 1.165) is 48.5 Å². The van der Waals surface area contributed by atoms with Crippen LogP contribution in [0.15, 0.2) is 0 Å². The quantitative estimate of drug-likeness (QED) is 0.163. The van der Waals surface area contributed by atoms with Gasteiger partial charge in [-0.15, -0.1) is 0 Å². The highest BCUT2D eigenvalue weighted by atomic mass is 16.8. The van der Waals surface area contributed by atoms with E-state index in [-0.39, 0.29) is 13.2 Å². The van der Waals surface area contributed by atoms with E-state index in [2.05, 4.69) is 0 Å². The second-order valence-electron chi connectivity index (χ2n) is 10.3. The van der Waals surface area contributed by atoms with Crippen LogP contribution < -0.4 is 5.73 Å². The van der Waals surface area contributed by atoms with E-state index >= 15 is 0 Å². The zero-order chi connectivity index (χ0) is 35.4. The minimum absolute atomic E-state index is 0.0180. The van der Waals surface area contributed by atoms with Crippen molar-refractivity contribution < 1.29 is 85.7 Å². The van der Waals surface area contributed by atoms with Gasteiger partial charge < -0.3 is 57.8 Å². The molecule has 2 rings (SSSR count). The van der Waals surface area contributed by atoms with Gasteiger partial charge in [0.2, 0.25) is 0 Å². The summed E-state index contributed by atoms with van der Waals surface area (Å²) in [7, 11) is 0. The highest BCUT2D eigenvalue weighted by Gasteiger charge is 2.57. The molecule has 0 aromatic carbocycles. The maximum atomic E-state index is 12.3. The summed E-state index contributed by atoms with van der Waals surface area (Å²) in [6.45, 7) is 6.30. The molecule has 0 radical (unpaired) electrons. The Kier molecular flexibility index (Phi) is 15.4. The number of rotatable bonds is 14. The van der Waals surface area contributed by atoms with Gasteiger partial charge >= 0.3 is 41.8 Å². The van der Waals surface area contributed by atoms with Crippen molar-refractivity contribution in [1.29, 1.82) is 0 Å². The lowest BCUT2D eigenvalue weighted by Gasteiger charge is -2.48. The van der Waals surface area contributed by atoms with Gasteiger partial charge in [-0.25, -0.2) is 0 Å². The van der Waals surface area contributed by atoms with Gasteiger partial charge in [-0.05, 0) is 0 Å². The van der Waals surface area contributed by atoms with Crippen LogP contribution in [0.3, 0.4) is 0 Å². The molecule has 0 aromatic rings. The third-order valence-electron chi connectivity index (χ3n) is 6.29. The molecule has 0 bridgehead atoms. The van der Waals surface area contributed by atoms with Gasteiger partial charge in [0.1, 0.15) is 31.5 Å². The molecule has 2 fully saturated rings. The molecule has 0 aromatic heterocycles. The predicted molar refractivity (Wildman–Crippen MR) is 148 cm³/mol. The number of hydrogen-bond acceptors (Lipinski definition) is 19. The Morgan fingerprint density at radius 3 is 1.28 bits per heavy atom. The van der Waals surface area contributed by atoms with E-state index in [4.69, 9.17) is 57.8 Å². The van der Waals surface area contributed by atoms with Crippen molar-refractivity contribution in [3.63, 3.8) is 0 Å². The first kappa shape index (κ1) is 39.3. The van der Waals surface area contributed by atoms with Crippen molar-refractivity contribution in [3.8, 4) is 0 Å². The number of ether oxygens (including phenoxy) is 11. The molecular weight excluding hydrogens is 638 g/mol. The summed E-state index contributed by atoms with van der Waals surface area (Å²) in [5.41, 5.74) is 5.57. The summed E-state index contributed by atoms with van der Waals surface area (Å²) in [6, 6.07) is 0. The molecule has 0 spiro atoms. The fourth-order valence-corrected chi connectivity index (χ4v) is 4.79. The minimum atomic E-state index is -1.78. The van der Waals surface area contributed by atoms with Crippen LogP contribution in [-0.4, -0.2) is 130 Å². The Morgan fingerprint density at radius 2 is 0.851 bits per heavy atom. The molecule has 47 heavy (non-hydrogen) atoms. The standard InChI is InChI=1S/C28H41NO18/c1-12(30)38-10-19-21(40-14(3)32)23(41-15(4)33)26(44-18(7)36)28(46-19)47-22-20(11-39-13(2)31)45-27(37-9-8-29)25(43-17(6)35)24(22)42-16(5)34/h19-28H,8-11,29H2,1-7H3/t19-,20-,21+,22-,23+,24+,25-,26-,27?,28?/m1/s1. The number of nitrogens with two attached hydrogens (primary N) is 1. The van der Waals surface area contributed by atoms with Gasteiger partial charge in [0.15, 0.2) is 43.1 Å². The Hall–Kier alpha value is -3.91. The third-order valence-corrected chi connectivity index (χ3v) is 6.29. The van der Waals surface area contributed by atoms with Crippen LogP contribution in [0.2, 0.25) is 0 Å². The smallest absolute Gasteiger partial charge is 0.303 e. The summed E-state index contributed by atoms with van der Waals surface area (Å²) >= 11 is 0. The molecule has 19 nitrogen and oxygen atoms in total. The maximum Gasteiger partial charge on any atom is 0.303 e. The average molecular weight is 680 g/mol. The predicted octanol–water partition coefficient (Wildman–Crippen LogP) is -1.42. The first-order valence-corrected chi connectivity index (χ1v) is 14.4. The van der Waals surface area contributed by atoms with Crippen LogP contribution in [0.25, 0.3) is 0 Å². The maximum absolute atomic E-state index is 12.3. The average Bonchev–Trinajstić information content (AvgIpc) is 2.94. The third kappa shape index (κ3) is 12.3. The topological polar surface area (TPSA) is 247 Å². The lowest BCUT2D eigenvalue weighted by molar-refractivity contribution is -0.360. The van der Waals surface area contributed by atoms with E-state index in [1.54, 1.807) is 0 Å². The first-order chi connectivity index (χ1) is 22.0. The highest BCUT2D eigenvalue weighted by molar-refractivity contribution is 5.69. The lowest BCUT2D eigenvalue weighted by Crippen LogP contribution is -2.67. The molecule has 0 aliphatic carbocycles. The molecule has 2 saturated heterocycles. The van der Waals surface area contributed by atoms with E-state index < -0.39 is 116 Å². The largest absolute Gasteiger partial charge is 0.463 e. The molecule has 2 unspecified atom stereocenters. The van der Waals surface area contributed by atoms with E-state index in [1.807, 2.05) is 0 Å². The summed E-state index contributed by atoms with van der Waals surface area (Å²) < 4.78 is 61.2. The monoisotopic (exact) mass is 679 g/mol. The van der Waals surface area contributed by atoms with E-state index in [0.29, 0.717) is 0 Å². The first-order valence-electron chi connectivity index (χ1n) is 14.4. The zero-order valence-electron chi connectivity index (χ0n) is 27.0. The highest BCUT2D eigenvalue weighted by Crippen LogP contribution is 2.35. The molecule has 0 saturated carbocycles. The van der Waals surface area contributed by atoms with Crippen molar-refractivity contribution in [1.82, 2.24) is 0 Å². The molecule has 19 heteroatoms. The summed E-state index contributed by atoms with van der Waals surface area (Å²) in [4.78, 5) is 84.5. The summed E-state index contributed by atoms with van der Waals surface area (Å²) in [6.07, 6.45) is -15.3. The van der Waals surface area contributed by atoms with Crippen molar-refractivity contribution in [2.45, 2.75) is 110 Å². The Bertz CT molecular complexity index is 1140. The molecule has 2 N–H and O–H groups in total. The Balaban J connectivity index is 2.71. The van der Waals surface area contributed by atoms with Crippen molar-refractivity contribution in [3.05, 3.63) is 0 Å². The van der Waals surface area contributed by atoms with Crippen LogP contribution in [0.5, 0.6) is 0 Å². The van der Waals surface area contributed by atoms with Crippen LogP contribution in [0.4, 0.5) is 0 Å². The van der Waals surface area contributed by atoms with Crippen LogP contribution in [-0.2, 0) is 85.7 Å². The number of carbonyl (C=O) groups is 7. The Labute approximate surface area is 269 Å². The Morgan fingerprint density at radius 1 is 0.489 bits per heavy atom. The van der Waals surface area contributed by atoms with Crippen molar-refractivity contribution >= 4 is 41.8 Å². The fourth-order valence-electron chi connectivity index (χ4n) is 4.79. The number of hydrogen-bond donors (Lipinski definition) is 1. The van der Waals surface area contributed by atoms with E-state index in [1.165, 1.54) is 0 Å². The lowest BCUT2D eigenvalue weighted by atomic mass is 9.96. The fraction of sp³-hybridized carbons (Fsp3) is 0.750. The van der Waals surface area contributed by atoms with Gasteiger partial charge in [0.05, 0.1) is 6.61 Å². The van der Waals surface area contributed by atoms with Crippen molar-refractivity contribution in [2.24, 2.45) is 5.73 Å². The van der Waals surface area contributed by atoms with Gasteiger partial charge in [0.25, 0.3) is 0 Å². The molecule has 2 aliphatic heterocycles. The van der Waals surface area contributed by atoms with E-state index in [9.17, 15) is 33.6 Å². The summed E-state index contributed by atoms with van der Waals surface area (Å²) in [5, 5.41) is 0. The van der Waals surface area contributed by atoms with Gasteiger partial charge in [-0.1, -0.05) is 0 Å². The normalized spacial score (nSPS) is 30.2. The number of carbonyl (C=O) groups excluding carboxylic acids is 7. The second-order valence-corrected chi connectivity index (χ2v) is 10.3. The molecule has 10 atom stereocenters. The van der Waals surface area contributed by atoms with Gasteiger partial charge in [0, 0.05) is 55.0 Å². The molecule has 2 heterocycles. The molecule has 0 amide bonds. The van der Waals surface area contributed by atoms with Gasteiger partial charge in [-0.2, -0.15) is 0 Å².